The second kappa shape index (κ2) is 8.67. The van der Waals surface area contributed by atoms with Gasteiger partial charge in [-0.2, -0.15) is 0 Å². The Morgan fingerprint density at radius 3 is 2.62 bits per heavy atom. The fourth-order valence-electron chi connectivity index (χ4n) is 2.73. The number of nitrogens with zero attached hydrogens (tertiary/aromatic N) is 3. The third kappa shape index (κ3) is 4.95. The Bertz CT molecular complexity index is 763. The average molecular weight is 374 g/mol. The van der Waals surface area contributed by atoms with Crippen molar-refractivity contribution < 1.29 is 14.3 Å². The van der Waals surface area contributed by atoms with Gasteiger partial charge in [-0.15, -0.1) is 10.2 Å². The molecule has 136 valence electrons. The van der Waals surface area contributed by atoms with Crippen molar-refractivity contribution in [1.82, 2.24) is 15.1 Å². The molecule has 26 heavy (non-hydrogen) atoms. The fraction of sp³-hybridized carbons (Fsp3) is 0.316. The molecule has 0 saturated carbocycles. The molecule has 1 aromatic carbocycles. The summed E-state index contributed by atoms with van der Waals surface area (Å²) in [5.41, 5.74) is 0.932. The zero-order valence-electron chi connectivity index (χ0n) is 14.5. The molecule has 1 atom stereocenters. The van der Waals surface area contributed by atoms with Gasteiger partial charge in [0.05, 0.1) is 13.7 Å². The molecule has 1 aromatic heterocycles. The maximum Gasteiger partial charge on any atom is 0.246 e. The molecule has 3 rings (SSSR count). The number of halogens is 1. The molecular weight excluding hydrogens is 354 g/mol. The predicted molar refractivity (Wildman–Crippen MR) is 99.3 cm³/mol. The standard InChI is InChI=1S/C19H20ClN3O3/c1-25-17-9-10-18(22-21-17)26-16-3-2-12-23(13-16)19(24)11-6-14-4-7-15(20)8-5-14/h4-11,16H,2-3,12-13H2,1H3/b11-6+. The molecule has 1 saturated heterocycles. The molecule has 0 bridgehead atoms. The van der Waals surface area contributed by atoms with Crippen LogP contribution in [0, 0.1) is 0 Å². The minimum atomic E-state index is -0.0978. The smallest absolute Gasteiger partial charge is 0.246 e. The van der Waals surface area contributed by atoms with Crippen LogP contribution in [0.3, 0.4) is 0 Å². The number of piperidine rings is 1. The largest absolute Gasteiger partial charge is 0.480 e. The number of hydrogen-bond acceptors (Lipinski definition) is 5. The molecule has 6 nitrogen and oxygen atoms in total. The van der Waals surface area contributed by atoms with Crippen LogP contribution >= 0.6 is 11.6 Å². The highest BCUT2D eigenvalue weighted by atomic mass is 35.5. The Kier molecular flexibility index (Phi) is 6.07. The van der Waals surface area contributed by atoms with Gasteiger partial charge in [-0.3, -0.25) is 4.79 Å². The number of hydrogen-bond donors (Lipinski definition) is 0. The summed E-state index contributed by atoms with van der Waals surface area (Å²) in [5.74, 6) is 0.834. The molecule has 0 aliphatic carbocycles. The molecule has 1 aliphatic rings. The molecule has 0 N–H and O–H groups in total. The lowest BCUT2D eigenvalue weighted by Crippen LogP contribution is -2.43. The second-order valence-corrected chi connectivity index (χ2v) is 6.40. The van der Waals surface area contributed by atoms with Crippen LogP contribution in [0.2, 0.25) is 5.02 Å². The van der Waals surface area contributed by atoms with E-state index in [4.69, 9.17) is 21.1 Å². The van der Waals surface area contributed by atoms with E-state index in [0.29, 0.717) is 23.3 Å². The summed E-state index contributed by atoms with van der Waals surface area (Å²) >= 11 is 5.87. The van der Waals surface area contributed by atoms with Gasteiger partial charge in [-0.25, -0.2) is 0 Å². The van der Waals surface area contributed by atoms with E-state index in [9.17, 15) is 4.79 Å². The first-order valence-corrected chi connectivity index (χ1v) is 8.79. The Morgan fingerprint density at radius 1 is 1.19 bits per heavy atom. The van der Waals surface area contributed by atoms with E-state index < -0.39 is 0 Å². The van der Waals surface area contributed by atoms with Crippen molar-refractivity contribution in [3.63, 3.8) is 0 Å². The van der Waals surface area contributed by atoms with Crippen LogP contribution in [0.25, 0.3) is 6.08 Å². The average Bonchev–Trinajstić information content (AvgIpc) is 2.68. The number of carbonyl (C=O) groups is 1. The maximum absolute atomic E-state index is 12.4. The molecule has 7 heteroatoms. The highest BCUT2D eigenvalue weighted by molar-refractivity contribution is 6.30. The molecule has 2 heterocycles. The van der Waals surface area contributed by atoms with Crippen molar-refractivity contribution in [3.05, 3.63) is 53.1 Å². The van der Waals surface area contributed by atoms with Crippen LogP contribution in [-0.4, -0.2) is 47.3 Å². The van der Waals surface area contributed by atoms with Crippen LogP contribution in [0.1, 0.15) is 18.4 Å². The van der Waals surface area contributed by atoms with Crippen LogP contribution in [0.5, 0.6) is 11.8 Å². The van der Waals surface area contributed by atoms with Gasteiger partial charge in [0.15, 0.2) is 0 Å². The predicted octanol–water partition coefficient (Wildman–Crippen LogP) is 3.22. The number of methoxy groups -OCH3 is 1. The van der Waals surface area contributed by atoms with Gasteiger partial charge < -0.3 is 14.4 Å². The van der Waals surface area contributed by atoms with Crippen LogP contribution in [0.4, 0.5) is 0 Å². The van der Waals surface area contributed by atoms with E-state index in [2.05, 4.69) is 10.2 Å². The summed E-state index contributed by atoms with van der Waals surface area (Å²) in [6.07, 6.45) is 5.03. The van der Waals surface area contributed by atoms with Gasteiger partial charge >= 0.3 is 0 Å². The zero-order chi connectivity index (χ0) is 18.4. The molecule has 1 aliphatic heterocycles. The van der Waals surface area contributed by atoms with Crippen LogP contribution < -0.4 is 9.47 Å². The van der Waals surface area contributed by atoms with Gasteiger partial charge in [-0.05, 0) is 36.6 Å². The first-order valence-electron chi connectivity index (χ1n) is 8.41. The first-order chi connectivity index (χ1) is 12.6. The number of benzene rings is 1. The summed E-state index contributed by atoms with van der Waals surface area (Å²) in [6, 6.07) is 10.8. The van der Waals surface area contributed by atoms with Gasteiger partial charge in [0.2, 0.25) is 17.7 Å². The third-order valence-electron chi connectivity index (χ3n) is 4.09. The van der Waals surface area contributed by atoms with E-state index >= 15 is 0 Å². The van der Waals surface area contributed by atoms with E-state index in [-0.39, 0.29) is 12.0 Å². The molecule has 0 radical (unpaired) electrons. The van der Waals surface area contributed by atoms with Gasteiger partial charge in [-0.1, -0.05) is 23.7 Å². The topological polar surface area (TPSA) is 64.6 Å². The molecule has 2 aromatic rings. The number of ether oxygens (including phenoxy) is 2. The quantitative estimate of drug-likeness (QED) is 0.753. The fourth-order valence-corrected chi connectivity index (χ4v) is 2.86. The number of rotatable bonds is 5. The van der Waals surface area contributed by atoms with Crippen LogP contribution in [-0.2, 0) is 4.79 Å². The van der Waals surface area contributed by atoms with Gasteiger partial charge in [0.1, 0.15) is 6.10 Å². The summed E-state index contributed by atoms with van der Waals surface area (Å²) in [5, 5.41) is 8.53. The van der Waals surface area contributed by atoms with Gasteiger partial charge in [0.25, 0.3) is 0 Å². The van der Waals surface area contributed by atoms with Gasteiger partial charge in [0, 0.05) is 29.8 Å². The van der Waals surface area contributed by atoms with Crippen molar-refractivity contribution in [2.45, 2.75) is 18.9 Å². The Morgan fingerprint density at radius 2 is 1.92 bits per heavy atom. The molecule has 1 fully saturated rings. The molecule has 1 unspecified atom stereocenters. The van der Waals surface area contributed by atoms with E-state index in [1.165, 1.54) is 7.11 Å². The molecule has 0 spiro atoms. The summed E-state index contributed by atoms with van der Waals surface area (Å²) < 4.78 is 10.8. The normalized spacial score (nSPS) is 17.3. The highest BCUT2D eigenvalue weighted by Crippen LogP contribution is 2.18. The van der Waals surface area contributed by atoms with E-state index in [1.807, 2.05) is 12.1 Å². The monoisotopic (exact) mass is 373 g/mol. The highest BCUT2D eigenvalue weighted by Gasteiger charge is 2.24. The second-order valence-electron chi connectivity index (χ2n) is 5.97. The summed E-state index contributed by atoms with van der Waals surface area (Å²) in [4.78, 5) is 14.2. The first kappa shape index (κ1) is 18.2. The van der Waals surface area contributed by atoms with Crippen molar-refractivity contribution in [2.75, 3.05) is 20.2 Å². The van der Waals surface area contributed by atoms with Crippen molar-refractivity contribution in [1.29, 1.82) is 0 Å². The Balaban J connectivity index is 1.56. The summed E-state index contributed by atoms with van der Waals surface area (Å²) in [7, 11) is 1.53. The number of aromatic nitrogens is 2. The number of likely N-dealkylation sites (tertiary alicyclic amines) is 1. The Labute approximate surface area is 157 Å². The lowest BCUT2D eigenvalue weighted by atomic mass is 10.1. The van der Waals surface area contributed by atoms with Crippen molar-refractivity contribution >= 4 is 23.6 Å². The molecule has 1 amide bonds. The van der Waals surface area contributed by atoms with E-state index in [1.54, 1.807) is 41.3 Å². The van der Waals surface area contributed by atoms with Crippen LogP contribution in [0.15, 0.2) is 42.5 Å². The van der Waals surface area contributed by atoms with Crippen molar-refractivity contribution in [3.8, 4) is 11.8 Å². The van der Waals surface area contributed by atoms with E-state index in [0.717, 1.165) is 24.9 Å². The maximum atomic E-state index is 12.4. The minimum Gasteiger partial charge on any atom is -0.480 e. The SMILES string of the molecule is COc1ccc(OC2CCCN(C(=O)/C=C/c3ccc(Cl)cc3)C2)nn1. The minimum absolute atomic E-state index is 0.0333. The Hall–Kier alpha value is -2.60. The third-order valence-corrected chi connectivity index (χ3v) is 4.34. The zero-order valence-corrected chi connectivity index (χ0v) is 15.2. The lowest BCUT2D eigenvalue weighted by Gasteiger charge is -2.31. The lowest BCUT2D eigenvalue weighted by molar-refractivity contribution is -0.128. The number of carbonyl (C=O) groups excluding carboxylic acids is 1. The molecular formula is C19H20ClN3O3. The van der Waals surface area contributed by atoms with Crippen molar-refractivity contribution in [2.24, 2.45) is 0 Å². The summed E-state index contributed by atoms with van der Waals surface area (Å²) in [6.45, 7) is 1.25. The number of amides is 1.